The molecule has 1 atom stereocenters. The molecule has 1 unspecified atom stereocenters. The molecular weight excluding hydrogens is 210 g/mol. The first-order valence-electron chi connectivity index (χ1n) is 4.98. The van der Waals surface area contributed by atoms with E-state index in [1.54, 1.807) is 7.11 Å². The largest absolute Gasteiger partial charge is 0.496 e. The lowest BCUT2D eigenvalue weighted by Crippen LogP contribution is -2.37. The summed E-state index contributed by atoms with van der Waals surface area (Å²) in [6.07, 6.45) is 0. The molecule has 0 fully saturated rings. The Morgan fingerprint density at radius 1 is 1.40 bits per heavy atom. The Morgan fingerprint density at radius 3 is 2.47 bits per heavy atom. The molecule has 0 aliphatic rings. The molecule has 0 spiro atoms. The first-order chi connectivity index (χ1) is 6.86. The summed E-state index contributed by atoms with van der Waals surface area (Å²) in [5, 5.41) is 0.710. The first-order valence-corrected chi connectivity index (χ1v) is 5.36. The van der Waals surface area contributed by atoms with Crippen molar-refractivity contribution in [2.24, 2.45) is 5.73 Å². The number of nitrogens with two attached hydrogens (primary N) is 1. The Balaban J connectivity index is 3.17. The van der Waals surface area contributed by atoms with Crippen molar-refractivity contribution < 1.29 is 4.74 Å². The predicted octanol–water partition coefficient (Wildman–Crippen LogP) is 3.19. The van der Waals surface area contributed by atoms with Gasteiger partial charge in [0.05, 0.1) is 7.11 Å². The minimum atomic E-state index is -0.294. The van der Waals surface area contributed by atoms with Crippen LogP contribution in [-0.2, 0) is 0 Å². The number of halogens is 1. The second kappa shape index (κ2) is 4.42. The van der Waals surface area contributed by atoms with Crippen molar-refractivity contribution >= 4 is 11.6 Å². The van der Waals surface area contributed by atoms with E-state index in [-0.39, 0.29) is 11.5 Å². The molecule has 0 aliphatic heterocycles. The van der Waals surface area contributed by atoms with Gasteiger partial charge in [0.15, 0.2) is 0 Å². The highest BCUT2D eigenvalue weighted by molar-refractivity contribution is 6.30. The van der Waals surface area contributed by atoms with Crippen molar-refractivity contribution in [2.45, 2.75) is 32.2 Å². The smallest absolute Gasteiger partial charge is 0.122 e. The lowest BCUT2D eigenvalue weighted by atomic mass is 9.84. The third kappa shape index (κ3) is 2.86. The molecule has 2 N–H and O–H groups in total. The van der Waals surface area contributed by atoms with Crippen LogP contribution in [0.15, 0.2) is 18.2 Å². The highest BCUT2D eigenvalue weighted by Gasteiger charge is 2.25. The number of hydrogen-bond donors (Lipinski definition) is 1. The van der Waals surface area contributed by atoms with Crippen LogP contribution in [0.5, 0.6) is 5.75 Å². The van der Waals surface area contributed by atoms with Gasteiger partial charge in [-0.2, -0.15) is 0 Å². The third-order valence-electron chi connectivity index (χ3n) is 2.77. The molecule has 0 heterocycles. The van der Waals surface area contributed by atoms with Gasteiger partial charge in [0.2, 0.25) is 0 Å². The van der Waals surface area contributed by atoms with Crippen LogP contribution in [-0.4, -0.2) is 12.6 Å². The molecular formula is C12H18ClNO. The normalized spacial score (nSPS) is 13.7. The molecule has 0 saturated heterocycles. The van der Waals surface area contributed by atoms with E-state index in [1.165, 1.54) is 0 Å². The van der Waals surface area contributed by atoms with Gasteiger partial charge in [-0.1, -0.05) is 18.5 Å². The lowest BCUT2D eigenvalue weighted by molar-refractivity contribution is 0.383. The van der Waals surface area contributed by atoms with Crippen LogP contribution in [0.3, 0.4) is 0 Å². The van der Waals surface area contributed by atoms with E-state index in [0.29, 0.717) is 5.02 Å². The van der Waals surface area contributed by atoms with E-state index in [2.05, 4.69) is 6.92 Å². The zero-order chi connectivity index (χ0) is 11.6. The Bertz CT molecular complexity index is 344. The van der Waals surface area contributed by atoms with Crippen LogP contribution < -0.4 is 10.5 Å². The van der Waals surface area contributed by atoms with Crippen LogP contribution in [0, 0.1) is 0 Å². The van der Waals surface area contributed by atoms with Gasteiger partial charge in [0, 0.05) is 22.0 Å². The summed E-state index contributed by atoms with van der Waals surface area (Å²) < 4.78 is 5.30. The van der Waals surface area contributed by atoms with E-state index < -0.39 is 0 Å². The summed E-state index contributed by atoms with van der Waals surface area (Å²) in [5.41, 5.74) is 6.85. The number of rotatable bonds is 3. The molecule has 0 aliphatic carbocycles. The fraction of sp³-hybridized carbons (Fsp3) is 0.500. The monoisotopic (exact) mass is 227 g/mol. The molecule has 2 nitrogen and oxygen atoms in total. The summed E-state index contributed by atoms with van der Waals surface area (Å²) in [5.74, 6) is 1.02. The van der Waals surface area contributed by atoms with Crippen LogP contribution in [0.1, 0.15) is 32.3 Å². The molecule has 0 bridgehead atoms. The van der Waals surface area contributed by atoms with E-state index in [9.17, 15) is 0 Å². The molecule has 0 radical (unpaired) electrons. The van der Waals surface area contributed by atoms with Gasteiger partial charge in [-0.05, 0) is 32.0 Å². The van der Waals surface area contributed by atoms with Gasteiger partial charge in [-0.3, -0.25) is 0 Å². The fourth-order valence-corrected chi connectivity index (χ4v) is 1.62. The van der Waals surface area contributed by atoms with Crippen molar-refractivity contribution in [1.82, 2.24) is 0 Å². The molecule has 1 aromatic carbocycles. The van der Waals surface area contributed by atoms with Crippen LogP contribution in [0.4, 0.5) is 0 Å². The molecule has 1 aromatic rings. The number of methoxy groups -OCH3 is 1. The Kier molecular flexibility index (Phi) is 3.63. The molecule has 0 saturated carbocycles. The third-order valence-corrected chi connectivity index (χ3v) is 3.01. The van der Waals surface area contributed by atoms with Crippen LogP contribution >= 0.6 is 11.6 Å². The average Bonchev–Trinajstić information content (AvgIpc) is 2.15. The van der Waals surface area contributed by atoms with E-state index in [4.69, 9.17) is 22.1 Å². The summed E-state index contributed by atoms with van der Waals surface area (Å²) in [7, 11) is 1.66. The lowest BCUT2D eigenvalue weighted by Gasteiger charge is -2.28. The van der Waals surface area contributed by atoms with Gasteiger partial charge < -0.3 is 10.5 Å². The summed E-state index contributed by atoms with van der Waals surface area (Å²) in [6.45, 7) is 6.07. The summed E-state index contributed by atoms with van der Waals surface area (Å²) in [4.78, 5) is 0. The first kappa shape index (κ1) is 12.3. The second-order valence-electron chi connectivity index (χ2n) is 4.43. The van der Waals surface area contributed by atoms with Gasteiger partial charge in [0.25, 0.3) is 0 Å². The minimum absolute atomic E-state index is 0.186. The van der Waals surface area contributed by atoms with E-state index in [0.717, 1.165) is 11.3 Å². The predicted molar refractivity (Wildman–Crippen MR) is 64.7 cm³/mol. The SMILES string of the molecule is COc1ccc(Cl)cc1C(C)C(C)(C)N. The standard InChI is InChI=1S/C12H18ClNO/c1-8(12(2,3)14)10-7-9(13)5-6-11(10)15-4/h5-8H,14H2,1-4H3. The number of benzene rings is 1. The molecule has 0 aromatic heterocycles. The maximum Gasteiger partial charge on any atom is 0.122 e. The highest BCUT2D eigenvalue weighted by atomic mass is 35.5. The van der Waals surface area contributed by atoms with Crippen molar-refractivity contribution in [3.05, 3.63) is 28.8 Å². The van der Waals surface area contributed by atoms with Crippen LogP contribution in [0.2, 0.25) is 5.02 Å². The summed E-state index contributed by atoms with van der Waals surface area (Å²) >= 11 is 5.97. The molecule has 0 amide bonds. The number of hydrogen-bond acceptors (Lipinski definition) is 2. The quantitative estimate of drug-likeness (QED) is 0.861. The van der Waals surface area contributed by atoms with Gasteiger partial charge in [0.1, 0.15) is 5.75 Å². The maximum atomic E-state index is 6.09. The zero-order valence-electron chi connectivity index (χ0n) is 9.67. The zero-order valence-corrected chi connectivity index (χ0v) is 10.4. The molecule has 3 heteroatoms. The molecule has 1 rings (SSSR count). The molecule has 84 valence electrons. The summed E-state index contributed by atoms with van der Waals surface area (Å²) in [6, 6.07) is 5.61. The minimum Gasteiger partial charge on any atom is -0.496 e. The topological polar surface area (TPSA) is 35.2 Å². The van der Waals surface area contributed by atoms with Crippen LogP contribution in [0.25, 0.3) is 0 Å². The average molecular weight is 228 g/mol. The van der Waals surface area contributed by atoms with Crippen molar-refractivity contribution in [1.29, 1.82) is 0 Å². The Labute approximate surface area is 96.4 Å². The van der Waals surface area contributed by atoms with Gasteiger partial charge >= 0.3 is 0 Å². The highest BCUT2D eigenvalue weighted by Crippen LogP contribution is 2.34. The fourth-order valence-electron chi connectivity index (χ4n) is 1.44. The van der Waals surface area contributed by atoms with Crippen molar-refractivity contribution in [3.8, 4) is 5.75 Å². The Morgan fingerprint density at radius 2 is 2.00 bits per heavy atom. The van der Waals surface area contributed by atoms with E-state index >= 15 is 0 Å². The van der Waals surface area contributed by atoms with Crippen molar-refractivity contribution in [2.75, 3.05) is 7.11 Å². The Hall–Kier alpha value is -0.730. The maximum absolute atomic E-state index is 6.09. The second-order valence-corrected chi connectivity index (χ2v) is 4.87. The van der Waals surface area contributed by atoms with Gasteiger partial charge in [-0.25, -0.2) is 0 Å². The number of ether oxygens (including phenoxy) is 1. The van der Waals surface area contributed by atoms with E-state index in [1.807, 2.05) is 32.0 Å². The van der Waals surface area contributed by atoms with Crippen molar-refractivity contribution in [3.63, 3.8) is 0 Å². The van der Waals surface area contributed by atoms with Gasteiger partial charge in [-0.15, -0.1) is 0 Å². The molecule has 15 heavy (non-hydrogen) atoms.